The molecule has 1 aromatic carbocycles. The summed E-state index contributed by atoms with van der Waals surface area (Å²) in [7, 11) is 0. The number of para-hydroxylation sites is 1. The van der Waals surface area contributed by atoms with E-state index in [0.717, 1.165) is 0 Å². The number of aromatic amines is 1. The molecule has 0 saturated carbocycles. The van der Waals surface area contributed by atoms with Crippen LogP contribution in [0.4, 0.5) is 11.6 Å². The largest absolute Gasteiger partial charge is 0.463 e. The van der Waals surface area contributed by atoms with E-state index in [4.69, 9.17) is 4.74 Å². The lowest BCUT2D eigenvalue weighted by Gasteiger charge is -2.01. The molecule has 0 aliphatic heterocycles. The molecule has 0 unspecified atom stereocenters. The molecule has 18 heavy (non-hydrogen) atoms. The van der Waals surface area contributed by atoms with Crippen LogP contribution in [-0.4, -0.2) is 20.0 Å². The van der Waals surface area contributed by atoms with Gasteiger partial charge in [0.15, 0.2) is 5.10 Å². The third-order valence-electron chi connectivity index (χ3n) is 2.00. The Morgan fingerprint density at radius 1 is 1.11 bits per heavy atom. The van der Waals surface area contributed by atoms with Gasteiger partial charge in [-0.3, -0.25) is 0 Å². The van der Waals surface area contributed by atoms with E-state index in [-0.39, 0.29) is 5.75 Å². The Bertz CT molecular complexity index is 563. The maximum Gasteiger partial charge on any atom is 0.463 e. The normalized spacial score (nSPS) is 10.0. The Morgan fingerprint density at radius 3 is 2.33 bits per heavy atom. The first-order valence-corrected chi connectivity index (χ1v) is 4.69. The van der Waals surface area contributed by atoms with Crippen LogP contribution in [0, 0.1) is 20.2 Å². The van der Waals surface area contributed by atoms with Crippen molar-refractivity contribution in [1.29, 1.82) is 0 Å². The Labute approximate surface area is 99.3 Å². The minimum Gasteiger partial charge on any atom is -0.442 e. The van der Waals surface area contributed by atoms with Gasteiger partial charge in [0.1, 0.15) is 5.75 Å². The highest BCUT2D eigenvalue weighted by atomic mass is 16.6. The first-order valence-electron chi connectivity index (χ1n) is 4.69. The van der Waals surface area contributed by atoms with Crippen LogP contribution in [0.2, 0.25) is 0 Å². The second kappa shape index (κ2) is 4.49. The van der Waals surface area contributed by atoms with Gasteiger partial charge in [-0.05, 0) is 27.1 Å². The highest BCUT2D eigenvalue weighted by Crippen LogP contribution is 2.37. The van der Waals surface area contributed by atoms with E-state index in [0.29, 0.717) is 0 Å². The molecule has 2 aromatic rings. The maximum absolute atomic E-state index is 10.7. The van der Waals surface area contributed by atoms with Crippen molar-refractivity contribution >= 4 is 11.6 Å². The lowest BCUT2D eigenvalue weighted by atomic mass is 10.3. The summed E-state index contributed by atoms with van der Waals surface area (Å²) in [4.78, 5) is 19.7. The van der Waals surface area contributed by atoms with Gasteiger partial charge in [-0.2, -0.15) is 0 Å². The topological polar surface area (TPSA) is 124 Å². The second-order valence-electron chi connectivity index (χ2n) is 3.15. The summed E-state index contributed by atoms with van der Waals surface area (Å²) in [5.41, 5.74) is 0. The smallest absolute Gasteiger partial charge is 0.442 e. The predicted molar refractivity (Wildman–Crippen MR) is 58.4 cm³/mol. The molecule has 0 aliphatic rings. The van der Waals surface area contributed by atoms with E-state index in [1.807, 2.05) is 5.10 Å². The molecular formula is C9H6N4O5. The van der Waals surface area contributed by atoms with Crippen LogP contribution in [0.25, 0.3) is 0 Å². The standard InChI is InChI=1S/C9H6N4O5/c14-12(15)8-7(9(11-10-8)13(16)17)18-6-4-2-1-3-5-6/h1-5H,(H,10,11). The van der Waals surface area contributed by atoms with E-state index in [1.165, 1.54) is 12.1 Å². The van der Waals surface area contributed by atoms with E-state index >= 15 is 0 Å². The zero-order valence-electron chi connectivity index (χ0n) is 8.77. The van der Waals surface area contributed by atoms with Crippen molar-refractivity contribution in [2.75, 3.05) is 0 Å². The molecule has 2 rings (SSSR count). The van der Waals surface area contributed by atoms with Crippen LogP contribution < -0.4 is 4.74 Å². The summed E-state index contributed by atoms with van der Waals surface area (Å²) in [6.45, 7) is 0. The van der Waals surface area contributed by atoms with E-state index in [2.05, 4.69) is 5.10 Å². The number of benzene rings is 1. The molecule has 0 spiro atoms. The van der Waals surface area contributed by atoms with Crippen molar-refractivity contribution in [1.82, 2.24) is 10.2 Å². The average Bonchev–Trinajstić information content (AvgIpc) is 2.74. The minimum absolute atomic E-state index is 0.241. The van der Waals surface area contributed by atoms with Crippen LogP contribution in [0.3, 0.4) is 0 Å². The van der Waals surface area contributed by atoms with E-state index in [9.17, 15) is 20.2 Å². The van der Waals surface area contributed by atoms with Gasteiger partial charge in [0, 0.05) is 0 Å². The molecule has 9 heteroatoms. The maximum atomic E-state index is 10.7. The number of hydrogen-bond acceptors (Lipinski definition) is 6. The molecule has 0 bridgehead atoms. The number of hydrogen-bond donors (Lipinski definition) is 1. The summed E-state index contributed by atoms with van der Waals surface area (Å²) in [6.07, 6.45) is 0. The van der Waals surface area contributed by atoms with E-state index < -0.39 is 27.2 Å². The van der Waals surface area contributed by atoms with Crippen molar-refractivity contribution in [3.8, 4) is 11.5 Å². The van der Waals surface area contributed by atoms with Gasteiger partial charge in [-0.25, -0.2) is 0 Å². The Kier molecular flexibility index (Phi) is 2.87. The van der Waals surface area contributed by atoms with Crippen molar-refractivity contribution < 1.29 is 14.6 Å². The van der Waals surface area contributed by atoms with Gasteiger partial charge in [0.2, 0.25) is 0 Å². The summed E-state index contributed by atoms with van der Waals surface area (Å²) < 4.78 is 5.13. The van der Waals surface area contributed by atoms with Crippen LogP contribution in [0.1, 0.15) is 0 Å². The third-order valence-corrected chi connectivity index (χ3v) is 2.00. The molecule has 0 radical (unpaired) electrons. The second-order valence-corrected chi connectivity index (χ2v) is 3.15. The quantitative estimate of drug-likeness (QED) is 0.653. The average molecular weight is 250 g/mol. The summed E-state index contributed by atoms with van der Waals surface area (Å²) in [6, 6.07) is 8.01. The molecular weight excluding hydrogens is 244 g/mol. The molecule has 1 aromatic heterocycles. The molecule has 0 amide bonds. The van der Waals surface area contributed by atoms with Gasteiger partial charge < -0.3 is 25.0 Å². The monoisotopic (exact) mass is 250 g/mol. The van der Waals surface area contributed by atoms with Gasteiger partial charge in [-0.1, -0.05) is 18.2 Å². The Balaban J connectivity index is 2.44. The van der Waals surface area contributed by atoms with Gasteiger partial charge in [0.25, 0.3) is 0 Å². The molecule has 92 valence electrons. The van der Waals surface area contributed by atoms with Crippen molar-refractivity contribution in [3.63, 3.8) is 0 Å². The Morgan fingerprint density at radius 2 is 1.78 bits per heavy atom. The zero-order valence-corrected chi connectivity index (χ0v) is 8.77. The minimum atomic E-state index is -0.859. The molecule has 1 N–H and O–H groups in total. The number of nitrogens with zero attached hydrogens (tertiary/aromatic N) is 3. The van der Waals surface area contributed by atoms with E-state index in [1.54, 1.807) is 18.2 Å². The third kappa shape index (κ3) is 2.09. The first-order chi connectivity index (χ1) is 8.59. The fraction of sp³-hybridized carbons (Fsp3) is 0. The lowest BCUT2D eigenvalue weighted by Crippen LogP contribution is -1.94. The van der Waals surface area contributed by atoms with Gasteiger partial charge >= 0.3 is 17.4 Å². The molecule has 0 saturated heterocycles. The van der Waals surface area contributed by atoms with Crippen LogP contribution in [0.15, 0.2) is 30.3 Å². The number of H-pyrrole nitrogens is 1. The number of aromatic nitrogens is 2. The fourth-order valence-corrected chi connectivity index (χ4v) is 1.26. The lowest BCUT2D eigenvalue weighted by molar-refractivity contribution is -0.395. The van der Waals surface area contributed by atoms with Crippen molar-refractivity contribution in [3.05, 3.63) is 50.6 Å². The highest BCUT2D eigenvalue weighted by Gasteiger charge is 2.34. The fourth-order valence-electron chi connectivity index (χ4n) is 1.26. The number of nitrogens with one attached hydrogen (secondary N) is 1. The number of ether oxygens (including phenoxy) is 1. The molecule has 0 fully saturated rings. The predicted octanol–water partition coefficient (Wildman–Crippen LogP) is 2.02. The summed E-state index contributed by atoms with van der Waals surface area (Å²) in [5, 5.41) is 26.5. The van der Waals surface area contributed by atoms with Gasteiger partial charge in [0.05, 0.1) is 0 Å². The zero-order chi connectivity index (χ0) is 13.1. The van der Waals surface area contributed by atoms with Crippen LogP contribution in [-0.2, 0) is 0 Å². The van der Waals surface area contributed by atoms with Crippen LogP contribution >= 0.6 is 0 Å². The first kappa shape index (κ1) is 11.5. The Hall–Kier alpha value is -2.97. The number of rotatable bonds is 4. The molecule has 1 heterocycles. The summed E-state index contributed by atoms with van der Waals surface area (Å²) in [5.74, 6) is -1.67. The summed E-state index contributed by atoms with van der Waals surface area (Å²) >= 11 is 0. The van der Waals surface area contributed by atoms with Crippen molar-refractivity contribution in [2.45, 2.75) is 0 Å². The molecule has 0 aliphatic carbocycles. The highest BCUT2D eigenvalue weighted by molar-refractivity contribution is 5.53. The van der Waals surface area contributed by atoms with Gasteiger partial charge in [-0.15, -0.1) is 0 Å². The number of nitro groups is 2. The molecule has 9 nitrogen and oxygen atoms in total. The van der Waals surface area contributed by atoms with Crippen LogP contribution in [0.5, 0.6) is 11.5 Å². The molecule has 0 atom stereocenters. The van der Waals surface area contributed by atoms with Crippen molar-refractivity contribution in [2.24, 2.45) is 0 Å². The SMILES string of the molecule is O=[N+]([O-])c1n[nH]c([N+](=O)[O-])c1Oc1ccccc1.